The van der Waals surface area contributed by atoms with Crippen molar-refractivity contribution in [1.29, 1.82) is 0 Å². The Morgan fingerprint density at radius 2 is 2.04 bits per heavy atom. The lowest BCUT2D eigenvalue weighted by Crippen LogP contribution is -2.49. The zero-order chi connectivity index (χ0) is 18.0. The lowest BCUT2D eigenvalue weighted by Gasteiger charge is -2.35. The number of carboxylic acids is 1. The Hall–Kier alpha value is -2.32. The number of carbonyl (C=O) groups excluding carboxylic acids is 1. The first kappa shape index (κ1) is 17.5. The maximum absolute atomic E-state index is 13.3. The van der Waals surface area contributed by atoms with Gasteiger partial charge in [-0.25, -0.2) is 4.39 Å². The first-order valence-electron chi connectivity index (χ1n) is 7.57. The summed E-state index contributed by atoms with van der Waals surface area (Å²) in [6.45, 7) is 0.378. The van der Waals surface area contributed by atoms with Gasteiger partial charge < -0.3 is 15.3 Å². The number of hydrogen-bond donors (Lipinski definition) is 2. The fourth-order valence-electron chi connectivity index (χ4n) is 3.04. The van der Waals surface area contributed by atoms with Gasteiger partial charge in [0.2, 0.25) is 0 Å². The number of rotatable bonds is 6. The molecule has 0 radical (unpaired) electrons. The molecule has 0 aliphatic carbocycles. The highest BCUT2D eigenvalue weighted by atomic mass is 32.1. The van der Waals surface area contributed by atoms with Gasteiger partial charge in [-0.1, -0.05) is 18.2 Å². The molecule has 25 heavy (non-hydrogen) atoms. The highest BCUT2D eigenvalue weighted by molar-refractivity contribution is 7.80. The van der Waals surface area contributed by atoms with Gasteiger partial charge in [-0.05, 0) is 47.8 Å². The summed E-state index contributed by atoms with van der Waals surface area (Å²) in [6, 6.07) is 9.19. The summed E-state index contributed by atoms with van der Waals surface area (Å²) in [5.41, 5.74) is -1.08. The molecule has 5 nitrogen and oxygen atoms in total. The summed E-state index contributed by atoms with van der Waals surface area (Å²) in [5, 5.41) is 14.1. The van der Waals surface area contributed by atoms with Crippen LogP contribution in [-0.4, -0.2) is 33.5 Å². The van der Waals surface area contributed by atoms with Gasteiger partial charge in [0, 0.05) is 11.4 Å². The first-order valence-corrected chi connectivity index (χ1v) is 8.85. The minimum absolute atomic E-state index is 0.187. The topological polar surface area (TPSA) is 69.6 Å². The lowest BCUT2D eigenvalue weighted by molar-refractivity contribution is -0.144. The number of amides is 1. The monoisotopic (exact) mass is 378 g/mol. The third kappa shape index (κ3) is 3.27. The van der Waals surface area contributed by atoms with Crippen molar-refractivity contribution in [2.45, 2.75) is 18.4 Å². The van der Waals surface area contributed by atoms with Crippen LogP contribution >= 0.6 is 23.6 Å². The number of thiophene rings is 1. The summed E-state index contributed by atoms with van der Waals surface area (Å²) in [5.74, 6) is -2.09. The molecule has 3 rings (SSSR count). The number of carbonyl (C=O) groups is 2. The van der Waals surface area contributed by atoms with E-state index in [2.05, 4.69) is 5.32 Å². The molecule has 130 valence electrons. The van der Waals surface area contributed by atoms with Gasteiger partial charge >= 0.3 is 5.97 Å². The Morgan fingerprint density at radius 3 is 2.64 bits per heavy atom. The number of hydrogen-bond acceptors (Lipinski definition) is 4. The molecule has 1 fully saturated rings. The molecule has 0 bridgehead atoms. The highest BCUT2D eigenvalue weighted by Gasteiger charge is 2.53. The Labute approximate surface area is 153 Å². The van der Waals surface area contributed by atoms with Gasteiger partial charge in [0.25, 0.3) is 5.91 Å². The van der Waals surface area contributed by atoms with Crippen LogP contribution in [0.4, 0.5) is 4.39 Å². The van der Waals surface area contributed by atoms with Crippen LogP contribution in [0.25, 0.3) is 0 Å². The van der Waals surface area contributed by atoms with E-state index in [0.29, 0.717) is 18.5 Å². The molecular weight excluding hydrogens is 363 g/mol. The van der Waals surface area contributed by atoms with Crippen molar-refractivity contribution in [2.75, 3.05) is 6.54 Å². The Morgan fingerprint density at radius 1 is 1.32 bits per heavy atom. The molecule has 1 unspecified atom stereocenters. The molecule has 1 aliphatic rings. The summed E-state index contributed by atoms with van der Waals surface area (Å²) >= 11 is 6.85. The molecule has 0 spiro atoms. The van der Waals surface area contributed by atoms with Gasteiger partial charge in [-0.15, -0.1) is 11.3 Å². The Balaban J connectivity index is 2.01. The smallest absolute Gasteiger partial charge is 0.306 e. The van der Waals surface area contributed by atoms with Crippen LogP contribution in [0.3, 0.4) is 0 Å². The van der Waals surface area contributed by atoms with Gasteiger partial charge in [-0.3, -0.25) is 9.59 Å². The first-order chi connectivity index (χ1) is 11.9. The zero-order valence-electron chi connectivity index (χ0n) is 13.1. The van der Waals surface area contributed by atoms with Gasteiger partial charge in [-0.2, -0.15) is 0 Å². The third-order valence-corrected chi connectivity index (χ3v) is 5.45. The van der Waals surface area contributed by atoms with Crippen LogP contribution < -0.4 is 5.32 Å². The summed E-state index contributed by atoms with van der Waals surface area (Å²) in [7, 11) is 0. The van der Waals surface area contributed by atoms with E-state index >= 15 is 0 Å². The van der Waals surface area contributed by atoms with Gasteiger partial charge in [0.1, 0.15) is 5.82 Å². The van der Waals surface area contributed by atoms with Crippen LogP contribution in [0.5, 0.6) is 0 Å². The van der Waals surface area contributed by atoms with Crippen LogP contribution in [0.15, 0.2) is 41.8 Å². The van der Waals surface area contributed by atoms with E-state index in [1.807, 2.05) is 17.5 Å². The second-order valence-electron chi connectivity index (χ2n) is 5.68. The number of carboxylic acid groups (broad SMARTS) is 1. The molecule has 1 atom stereocenters. The Bertz CT molecular complexity index is 808. The maximum Gasteiger partial charge on any atom is 0.306 e. The van der Waals surface area contributed by atoms with Crippen molar-refractivity contribution in [3.8, 4) is 0 Å². The minimum Gasteiger partial charge on any atom is -0.481 e. The van der Waals surface area contributed by atoms with Gasteiger partial charge in [0.05, 0.1) is 6.42 Å². The van der Waals surface area contributed by atoms with E-state index in [9.17, 15) is 19.1 Å². The van der Waals surface area contributed by atoms with E-state index < -0.39 is 29.7 Å². The van der Waals surface area contributed by atoms with E-state index in [-0.39, 0.29) is 5.11 Å². The van der Waals surface area contributed by atoms with E-state index in [0.717, 1.165) is 4.88 Å². The highest BCUT2D eigenvalue weighted by Crippen LogP contribution is 2.37. The SMILES string of the molecule is O=C(O)CC1(c2ccc(F)cc2)C(=O)NC(=S)N1CCc1cccs1. The molecule has 2 N–H and O–H groups in total. The number of halogens is 1. The van der Waals surface area contributed by atoms with Crippen LogP contribution in [-0.2, 0) is 21.5 Å². The predicted octanol–water partition coefficient (Wildman–Crippen LogP) is 2.52. The van der Waals surface area contributed by atoms with E-state index in [4.69, 9.17) is 12.2 Å². The van der Waals surface area contributed by atoms with E-state index in [1.165, 1.54) is 24.3 Å². The van der Waals surface area contributed by atoms with Crippen molar-refractivity contribution in [3.63, 3.8) is 0 Å². The molecule has 1 aromatic carbocycles. The fourth-order valence-corrected chi connectivity index (χ4v) is 4.08. The fraction of sp³-hybridized carbons (Fsp3) is 0.235. The molecule has 1 aliphatic heterocycles. The van der Waals surface area contributed by atoms with Crippen molar-refractivity contribution in [3.05, 3.63) is 58.0 Å². The molecule has 1 aromatic heterocycles. The average Bonchev–Trinajstić information content (AvgIpc) is 3.14. The molecule has 1 amide bonds. The number of thiocarbonyl (C=S) groups is 1. The normalized spacial score (nSPS) is 20.0. The summed E-state index contributed by atoms with van der Waals surface area (Å²) in [6.07, 6.45) is 0.157. The number of nitrogens with zero attached hydrogens (tertiary/aromatic N) is 1. The molecule has 2 aromatic rings. The van der Waals surface area contributed by atoms with Crippen molar-refractivity contribution in [1.82, 2.24) is 10.2 Å². The zero-order valence-corrected chi connectivity index (χ0v) is 14.7. The minimum atomic E-state index is -1.48. The molecule has 2 heterocycles. The standard InChI is InChI=1S/C17H15FN2O3S2/c18-12-5-3-11(4-6-12)17(10-14(21)22)15(23)19-16(24)20(17)8-7-13-2-1-9-25-13/h1-6,9H,7-8,10H2,(H,21,22)(H,19,23,24). The van der Waals surface area contributed by atoms with Gasteiger partial charge in [0.15, 0.2) is 10.7 Å². The van der Waals surface area contributed by atoms with E-state index in [1.54, 1.807) is 16.2 Å². The number of aliphatic carboxylic acids is 1. The summed E-state index contributed by atoms with van der Waals surface area (Å²) in [4.78, 5) is 26.9. The second-order valence-corrected chi connectivity index (χ2v) is 7.10. The number of benzene rings is 1. The van der Waals surface area contributed by atoms with Crippen molar-refractivity contribution >= 4 is 40.5 Å². The molecular formula is C17H15FN2O3S2. The van der Waals surface area contributed by atoms with Crippen LogP contribution in [0.2, 0.25) is 0 Å². The Kier molecular flexibility index (Phi) is 4.82. The lowest BCUT2D eigenvalue weighted by atomic mass is 9.85. The molecule has 0 saturated carbocycles. The third-order valence-electron chi connectivity index (χ3n) is 4.19. The second kappa shape index (κ2) is 6.89. The van der Waals surface area contributed by atoms with Crippen LogP contribution in [0.1, 0.15) is 16.9 Å². The quantitative estimate of drug-likeness (QED) is 0.756. The van der Waals surface area contributed by atoms with Crippen molar-refractivity contribution in [2.24, 2.45) is 0 Å². The van der Waals surface area contributed by atoms with Crippen molar-refractivity contribution < 1.29 is 19.1 Å². The number of nitrogens with one attached hydrogen (secondary N) is 1. The summed E-state index contributed by atoms with van der Waals surface area (Å²) < 4.78 is 13.3. The molecule has 1 saturated heterocycles. The average molecular weight is 378 g/mol. The maximum atomic E-state index is 13.3. The molecule has 8 heteroatoms. The largest absolute Gasteiger partial charge is 0.481 e. The van der Waals surface area contributed by atoms with Crippen LogP contribution in [0, 0.1) is 5.82 Å². The predicted molar refractivity (Wildman–Crippen MR) is 95.8 cm³/mol.